The van der Waals surface area contributed by atoms with Gasteiger partial charge in [-0.05, 0) is 48.6 Å². The summed E-state index contributed by atoms with van der Waals surface area (Å²) in [6.07, 6.45) is 0.874. The van der Waals surface area contributed by atoms with Crippen molar-refractivity contribution < 1.29 is 19.4 Å². The van der Waals surface area contributed by atoms with Crippen LogP contribution in [-0.4, -0.2) is 42.8 Å². The minimum absolute atomic E-state index is 0.0173. The Balaban J connectivity index is 1.78. The summed E-state index contributed by atoms with van der Waals surface area (Å²) in [5.41, 5.74) is 3.44. The standard InChI is InChI=1S/C23H27NO4/c1-14(25)22-18(15-7-5-4-6-8-15)12-19-17-13-21(28-3)20(27-2)11-16(17)9-10-24(19)23(22)26/h4-8,11,13-14,18-19,22,25H,9-10,12H2,1-3H3/t14?,18-,19-,22?/m0/s1. The molecule has 2 aromatic rings. The number of amides is 1. The van der Waals surface area contributed by atoms with Crippen LogP contribution in [0.1, 0.15) is 42.0 Å². The first-order valence-electron chi connectivity index (χ1n) is 9.83. The number of fused-ring (bicyclic) bond motifs is 3. The minimum Gasteiger partial charge on any atom is -0.493 e. The second kappa shape index (κ2) is 7.47. The van der Waals surface area contributed by atoms with Crippen molar-refractivity contribution in [3.63, 3.8) is 0 Å². The lowest BCUT2D eigenvalue weighted by Gasteiger charge is -2.47. The Morgan fingerprint density at radius 2 is 1.79 bits per heavy atom. The molecule has 2 aliphatic heterocycles. The van der Waals surface area contributed by atoms with Crippen LogP contribution in [0.2, 0.25) is 0 Å². The number of carbonyl (C=O) groups excluding carboxylic acids is 1. The zero-order chi connectivity index (χ0) is 19.8. The number of benzene rings is 2. The van der Waals surface area contributed by atoms with Crippen molar-refractivity contribution in [2.45, 2.75) is 37.8 Å². The van der Waals surface area contributed by atoms with Gasteiger partial charge in [0.1, 0.15) is 0 Å². The van der Waals surface area contributed by atoms with Crippen LogP contribution in [0.15, 0.2) is 42.5 Å². The van der Waals surface area contributed by atoms with Crippen LogP contribution in [0.4, 0.5) is 0 Å². The highest BCUT2D eigenvalue weighted by Gasteiger charge is 2.46. The van der Waals surface area contributed by atoms with Gasteiger partial charge in [-0.25, -0.2) is 0 Å². The first-order chi connectivity index (χ1) is 13.5. The number of nitrogens with zero attached hydrogens (tertiary/aromatic N) is 1. The van der Waals surface area contributed by atoms with Crippen molar-refractivity contribution >= 4 is 5.91 Å². The van der Waals surface area contributed by atoms with Crippen molar-refractivity contribution in [1.82, 2.24) is 4.90 Å². The largest absolute Gasteiger partial charge is 0.493 e. The fourth-order valence-corrected chi connectivity index (χ4v) is 4.88. The summed E-state index contributed by atoms with van der Waals surface area (Å²) in [6, 6.07) is 14.1. The molecule has 0 saturated carbocycles. The Kier molecular flexibility index (Phi) is 5.02. The molecular weight excluding hydrogens is 354 g/mol. The number of aliphatic hydroxyl groups is 1. The predicted octanol–water partition coefficient (Wildman–Crippen LogP) is 3.31. The molecule has 5 nitrogen and oxygen atoms in total. The molecular formula is C23H27NO4. The molecule has 4 atom stereocenters. The Bertz CT molecular complexity index is 864. The van der Waals surface area contributed by atoms with Crippen LogP contribution in [0.25, 0.3) is 0 Å². The maximum atomic E-state index is 13.4. The molecule has 28 heavy (non-hydrogen) atoms. The van der Waals surface area contributed by atoms with Crippen molar-refractivity contribution in [1.29, 1.82) is 0 Å². The first kappa shape index (κ1) is 18.8. The zero-order valence-electron chi connectivity index (χ0n) is 16.6. The maximum Gasteiger partial charge on any atom is 0.229 e. The third-order valence-electron chi connectivity index (χ3n) is 6.23. The molecule has 2 heterocycles. The van der Waals surface area contributed by atoms with E-state index in [0.29, 0.717) is 12.3 Å². The Labute approximate surface area is 165 Å². The molecule has 2 aromatic carbocycles. The molecule has 0 radical (unpaired) electrons. The van der Waals surface area contributed by atoms with Crippen LogP contribution >= 0.6 is 0 Å². The molecule has 1 fully saturated rings. The molecule has 0 aliphatic carbocycles. The molecule has 0 spiro atoms. The predicted molar refractivity (Wildman–Crippen MR) is 107 cm³/mol. The second-order valence-electron chi connectivity index (χ2n) is 7.72. The van der Waals surface area contributed by atoms with Gasteiger partial charge in [-0.2, -0.15) is 0 Å². The molecule has 1 amide bonds. The van der Waals surface area contributed by atoms with E-state index in [1.807, 2.05) is 35.2 Å². The summed E-state index contributed by atoms with van der Waals surface area (Å²) in [5, 5.41) is 10.4. The lowest BCUT2D eigenvalue weighted by molar-refractivity contribution is -0.148. The molecule has 5 heteroatoms. The second-order valence-corrected chi connectivity index (χ2v) is 7.72. The smallest absolute Gasteiger partial charge is 0.229 e. The van der Waals surface area contributed by atoms with Gasteiger partial charge < -0.3 is 19.5 Å². The fraction of sp³-hybridized carbons (Fsp3) is 0.435. The van der Waals surface area contributed by atoms with Crippen molar-refractivity contribution in [2.75, 3.05) is 20.8 Å². The van der Waals surface area contributed by atoms with Gasteiger partial charge in [-0.15, -0.1) is 0 Å². The van der Waals surface area contributed by atoms with Gasteiger partial charge in [0.25, 0.3) is 0 Å². The van der Waals surface area contributed by atoms with Gasteiger partial charge in [-0.1, -0.05) is 30.3 Å². The normalized spacial score (nSPS) is 24.9. The number of ether oxygens (including phenoxy) is 2. The van der Waals surface area contributed by atoms with E-state index in [-0.39, 0.29) is 17.9 Å². The van der Waals surface area contributed by atoms with Gasteiger partial charge in [0.05, 0.1) is 32.3 Å². The van der Waals surface area contributed by atoms with Crippen molar-refractivity contribution in [2.24, 2.45) is 5.92 Å². The Hall–Kier alpha value is -2.53. The number of methoxy groups -OCH3 is 2. The lowest BCUT2D eigenvalue weighted by atomic mass is 9.71. The molecule has 148 valence electrons. The average molecular weight is 381 g/mol. The van der Waals surface area contributed by atoms with Gasteiger partial charge in [0, 0.05) is 12.5 Å². The van der Waals surface area contributed by atoms with Crippen LogP contribution in [0.5, 0.6) is 11.5 Å². The molecule has 0 aromatic heterocycles. The van der Waals surface area contributed by atoms with Gasteiger partial charge in [-0.3, -0.25) is 4.79 Å². The number of rotatable bonds is 4. The van der Waals surface area contributed by atoms with Gasteiger partial charge in [0.15, 0.2) is 11.5 Å². The van der Waals surface area contributed by atoms with E-state index in [4.69, 9.17) is 9.47 Å². The highest BCUT2D eigenvalue weighted by Crippen LogP contribution is 2.48. The van der Waals surface area contributed by atoms with Gasteiger partial charge in [0.2, 0.25) is 5.91 Å². The van der Waals surface area contributed by atoms with Crippen LogP contribution < -0.4 is 9.47 Å². The fourth-order valence-electron chi connectivity index (χ4n) is 4.88. The van der Waals surface area contributed by atoms with E-state index in [0.717, 1.165) is 29.7 Å². The maximum absolute atomic E-state index is 13.4. The number of carbonyl (C=O) groups is 1. The molecule has 1 N–H and O–H groups in total. The quantitative estimate of drug-likeness (QED) is 0.883. The molecule has 0 bridgehead atoms. The van der Waals surface area contributed by atoms with E-state index in [1.165, 1.54) is 5.56 Å². The minimum atomic E-state index is -0.689. The summed E-state index contributed by atoms with van der Waals surface area (Å²) in [5.74, 6) is 1.01. The summed E-state index contributed by atoms with van der Waals surface area (Å²) < 4.78 is 11.0. The summed E-state index contributed by atoms with van der Waals surface area (Å²) in [4.78, 5) is 15.3. The highest BCUT2D eigenvalue weighted by atomic mass is 16.5. The molecule has 1 saturated heterocycles. The van der Waals surface area contributed by atoms with Crippen molar-refractivity contribution in [3.8, 4) is 11.5 Å². The number of hydrogen-bond donors (Lipinski definition) is 1. The van der Waals surface area contributed by atoms with E-state index in [1.54, 1.807) is 21.1 Å². The molecule has 2 aliphatic rings. The SMILES string of the molecule is COc1cc2c(cc1OC)[C@@H]1C[C@@H](c3ccccc3)C(C(C)O)C(=O)N1CC2. The third kappa shape index (κ3) is 3.04. The summed E-state index contributed by atoms with van der Waals surface area (Å²) >= 11 is 0. The first-order valence-corrected chi connectivity index (χ1v) is 9.83. The Morgan fingerprint density at radius 3 is 2.43 bits per heavy atom. The number of piperidine rings is 1. The summed E-state index contributed by atoms with van der Waals surface area (Å²) in [7, 11) is 3.27. The average Bonchev–Trinajstić information content (AvgIpc) is 2.72. The van der Waals surface area contributed by atoms with Gasteiger partial charge >= 0.3 is 0 Å². The molecule has 2 unspecified atom stereocenters. The van der Waals surface area contributed by atoms with E-state index >= 15 is 0 Å². The Morgan fingerprint density at radius 1 is 1.11 bits per heavy atom. The van der Waals surface area contributed by atoms with E-state index in [9.17, 15) is 9.90 Å². The van der Waals surface area contributed by atoms with Crippen molar-refractivity contribution in [3.05, 3.63) is 59.2 Å². The monoisotopic (exact) mass is 381 g/mol. The summed E-state index contributed by atoms with van der Waals surface area (Å²) in [6.45, 7) is 2.39. The van der Waals surface area contributed by atoms with Crippen LogP contribution in [0, 0.1) is 5.92 Å². The van der Waals surface area contributed by atoms with E-state index in [2.05, 4.69) is 12.1 Å². The third-order valence-corrected chi connectivity index (χ3v) is 6.23. The number of aliphatic hydroxyl groups excluding tert-OH is 1. The van der Waals surface area contributed by atoms with Crippen LogP contribution in [0.3, 0.4) is 0 Å². The topological polar surface area (TPSA) is 59.0 Å². The van der Waals surface area contributed by atoms with E-state index < -0.39 is 12.0 Å². The zero-order valence-corrected chi connectivity index (χ0v) is 16.6. The highest BCUT2D eigenvalue weighted by molar-refractivity contribution is 5.82. The lowest BCUT2D eigenvalue weighted by Crippen LogP contribution is -2.52. The number of hydrogen-bond acceptors (Lipinski definition) is 4. The van der Waals surface area contributed by atoms with Crippen LogP contribution in [-0.2, 0) is 11.2 Å². The molecule has 4 rings (SSSR count).